The molecule has 0 heterocycles. The number of hydrogen-bond acceptors (Lipinski definition) is 3. The molecule has 0 aliphatic heterocycles. The lowest BCUT2D eigenvalue weighted by Crippen LogP contribution is -2.45. The molecule has 0 saturated carbocycles. The van der Waals surface area contributed by atoms with Crippen LogP contribution in [0, 0.1) is 13.8 Å². The van der Waals surface area contributed by atoms with Crippen LogP contribution in [0.1, 0.15) is 43.0 Å². The van der Waals surface area contributed by atoms with Crippen LogP contribution in [0.3, 0.4) is 0 Å². The third-order valence-corrected chi connectivity index (χ3v) is 6.32. The number of aryl methyl sites for hydroxylation is 4. The minimum atomic E-state index is -3.64. The summed E-state index contributed by atoms with van der Waals surface area (Å²) in [6, 6.07) is 10.5. The quantitative estimate of drug-likeness (QED) is 0.754. The third kappa shape index (κ3) is 4.73. The zero-order valence-corrected chi connectivity index (χ0v) is 18.4. The fourth-order valence-electron chi connectivity index (χ4n) is 3.30. The van der Waals surface area contributed by atoms with Crippen molar-refractivity contribution in [2.24, 2.45) is 0 Å². The number of nitrogens with one attached hydrogen (secondary N) is 1. The van der Waals surface area contributed by atoms with E-state index in [9.17, 15) is 13.2 Å². The minimum Gasteiger partial charge on any atom is -0.324 e. The van der Waals surface area contributed by atoms with Gasteiger partial charge in [-0.3, -0.25) is 9.10 Å². The standard InChI is InChI=1S/C22H30N2O3S/c1-7-18-10-9-11-19(8-2)21(18)23-22(25)17(5)24(28(6,26)27)20-13-12-15(3)16(4)14-20/h9-14,17H,7-8H2,1-6H3,(H,23,25)/t17-/m1/s1. The number of benzene rings is 2. The molecule has 2 rings (SSSR count). The first-order valence-corrected chi connectivity index (χ1v) is 11.4. The van der Waals surface area contributed by atoms with Crippen LogP contribution in [-0.4, -0.2) is 26.6 Å². The van der Waals surface area contributed by atoms with Crippen LogP contribution in [0.5, 0.6) is 0 Å². The molecule has 5 nitrogen and oxygen atoms in total. The number of nitrogens with zero attached hydrogens (tertiary/aromatic N) is 1. The predicted molar refractivity (Wildman–Crippen MR) is 117 cm³/mol. The second-order valence-electron chi connectivity index (χ2n) is 7.15. The Bertz CT molecular complexity index is 945. The summed E-state index contributed by atoms with van der Waals surface area (Å²) in [5.41, 5.74) is 5.40. The Balaban J connectivity index is 2.42. The van der Waals surface area contributed by atoms with Gasteiger partial charge in [0.05, 0.1) is 11.9 Å². The molecule has 152 valence electrons. The monoisotopic (exact) mass is 402 g/mol. The summed E-state index contributed by atoms with van der Waals surface area (Å²) in [5, 5.41) is 2.98. The Labute approximate surface area is 168 Å². The van der Waals surface area contributed by atoms with Gasteiger partial charge in [-0.25, -0.2) is 8.42 Å². The lowest BCUT2D eigenvalue weighted by molar-refractivity contribution is -0.116. The van der Waals surface area contributed by atoms with E-state index in [0.717, 1.165) is 47.0 Å². The van der Waals surface area contributed by atoms with Crippen LogP contribution in [-0.2, 0) is 27.7 Å². The zero-order chi connectivity index (χ0) is 21.1. The fraction of sp³-hybridized carbons (Fsp3) is 0.409. The molecule has 0 aromatic heterocycles. The van der Waals surface area contributed by atoms with Crippen molar-refractivity contribution >= 4 is 27.3 Å². The molecule has 1 N–H and O–H groups in total. The van der Waals surface area contributed by atoms with Crippen LogP contribution in [0.2, 0.25) is 0 Å². The van der Waals surface area contributed by atoms with Gasteiger partial charge in [-0.05, 0) is 68.0 Å². The molecule has 28 heavy (non-hydrogen) atoms. The van der Waals surface area contributed by atoms with Gasteiger partial charge in [-0.2, -0.15) is 0 Å². The largest absolute Gasteiger partial charge is 0.324 e. The molecule has 0 radical (unpaired) electrons. The van der Waals surface area contributed by atoms with Crippen molar-refractivity contribution < 1.29 is 13.2 Å². The average Bonchev–Trinajstić information content (AvgIpc) is 2.63. The highest BCUT2D eigenvalue weighted by Crippen LogP contribution is 2.26. The van der Waals surface area contributed by atoms with E-state index in [-0.39, 0.29) is 5.91 Å². The lowest BCUT2D eigenvalue weighted by atomic mass is 10.0. The molecule has 1 amide bonds. The topological polar surface area (TPSA) is 66.5 Å². The number of anilines is 2. The second kappa shape index (κ2) is 8.78. The summed E-state index contributed by atoms with van der Waals surface area (Å²) in [5.74, 6) is -0.348. The maximum absolute atomic E-state index is 13.0. The van der Waals surface area contributed by atoms with Crippen LogP contribution >= 0.6 is 0 Å². The maximum atomic E-state index is 13.0. The zero-order valence-electron chi connectivity index (χ0n) is 17.5. The molecule has 1 atom stereocenters. The summed E-state index contributed by atoms with van der Waals surface area (Å²) in [4.78, 5) is 13.0. The fourth-order valence-corrected chi connectivity index (χ4v) is 4.47. The molecule has 0 bridgehead atoms. The molecule has 2 aromatic carbocycles. The number of para-hydroxylation sites is 1. The van der Waals surface area contributed by atoms with E-state index < -0.39 is 16.1 Å². The summed E-state index contributed by atoms with van der Waals surface area (Å²) < 4.78 is 26.2. The molecule has 0 aliphatic carbocycles. The average molecular weight is 403 g/mol. The van der Waals surface area contributed by atoms with Crippen molar-refractivity contribution in [2.45, 2.75) is 53.5 Å². The van der Waals surface area contributed by atoms with Crippen molar-refractivity contribution in [3.8, 4) is 0 Å². The first-order chi connectivity index (χ1) is 13.1. The molecule has 2 aromatic rings. The molecule has 0 fully saturated rings. The maximum Gasteiger partial charge on any atom is 0.248 e. The van der Waals surface area contributed by atoms with Crippen LogP contribution < -0.4 is 9.62 Å². The highest BCUT2D eigenvalue weighted by atomic mass is 32.2. The Morgan fingerprint density at radius 1 is 1.04 bits per heavy atom. The van der Waals surface area contributed by atoms with Crippen molar-refractivity contribution in [3.05, 3.63) is 58.7 Å². The Morgan fingerprint density at radius 3 is 2.07 bits per heavy atom. The Hall–Kier alpha value is -2.34. The predicted octanol–water partition coefficient (Wildman–Crippen LogP) is 4.22. The van der Waals surface area contributed by atoms with E-state index >= 15 is 0 Å². The summed E-state index contributed by atoms with van der Waals surface area (Å²) in [6.45, 7) is 9.58. The first-order valence-electron chi connectivity index (χ1n) is 9.58. The van der Waals surface area contributed by atoms with E-state index in [2.05, 4.69) is 5.32 Å². The van der Waals surface area contributed by atoms with Crippen molar-refractivity contribution in [1.29, 1.82) is 0 Å². The highest BCUT2D eigenvalue weighted by Gasteiger charge is 2.30. The van der Waals surface area contributed by atoms with Crippen molar-refractivity contribution in [3.63, 3.8) is 0 Å². The molecule has 0 aliphatic rings. The number of hydrogen-bond donors (Lipinski definition) is 1. The van der Waals surface area contributed by atoms with E-state index in [1.54, 1.807) is 19.1 Å². The van der Waals surface area contributed by atoms with Gasteiger partial charge in [0.2, 0.25) is 15.9 Å². The van der Waals surface area contributed by atoms with Crippen molar-refractivity contribution in [1.82, 2.24) is 0 Å². The minimum absolute atomic E-state index is 0.348. The van der Waals surface area contributed by atoms with Crippen LogP contribution in [0.25, 0.3) is 0 Å². The smallest absolute Gasteiger partial charge is 0.248 e. The highest BCUT2D eigenvalue weighted by molar-refractivity contribution is 7.92. The summed E-state index contributed by atoms with van der Waals surface area (Å²) in [7, 11) is -3.64. The molecular weight excluding hydrogens is 372 g/mol. The van der Waals surface area contributed by atoms with E-state index in [1.165, 1.54) is 4.31 Å². The normalized spacial score (nSPS) is 12.5. The van der Waals surface area contributed by atoms with E-state index in [0.29, 0.717) is 5.69 Å². The Morgan fingerprint density at radius 2 is 1.61 bits per heavy atom. The number of sulfonamides is 1. The lowest BCUT2D eigenvalue weighted by Gasteiger charge is -2.29. The van der Waals surface area contributed by atoms with Crippen LogP contribution in [0.15, 0.2) is 36.4 Å². The summed E-state index contributed by atoms with van der Waals surface area (Å²) in [6.07, 6.45) is 2.69. The second-order valence-corrected chi connectivity index (χ2v) is 9.01. The number of carbonyl (C=O) groups is 1. The molecule has 0 saturated heterocycles. The van der Waals surface area contributed by atoms with Gasteiger partial charge in [0, 0.05) is 5.69 Å². The molecule has 6 heteroatoms. The van der Waals surface area contributed by atoms with E-state index in [4.69, 9.17) is 0 Å². The van der Waals surface area contributed by atoms with Gasteiger partial charge < -0.3 is 5.32 Å². The van der Waals surface area contributed by atoms with Gasteiger partial charge in [0.15, 0.2) is 0 Å². The third-order valence-electron chi connectivity index (χ3n) is 5.08. The van der Waals surface area contributed by atoms with Gasteiger partial charge >= 0.3 is 0 Å². The summed E-state index contributed by atoms with van der Waals surface area (Å²) >= 11 is 0. The Kier molecular flexibility index (Phi) is 6.88. The first kappa shape index (κ1) is 22.0. The van der Waals surface area contributed by atoms with Crippen LogP contribution in [0.4, 0.5) is 11.4 Å². The molecule has 0 unspecified atom stereocenters. The van der Waals surface area contributed by atoms with Gasteiger partial charge in [0.25, 0.3) is 0 Å². The number of carbonyl (C=O) groups excluding carboxylic acids is 1. The van der Waals surface area contributed by atoms with E-state index in [1.807, 2.05) is 52.0 Å². The molecular formula is C22H30N2O3S. The SMILES string of the molecule is CCc1cccc(CC)c1NC(=O)[C@@H](C)N(c1ccc(C)c(C)c1)S(C)(=O)=O. The van der Waals surface area contributed by atoms with Gasteiger partial charge in [-0.15, -0.1) is 0 Å². The van der Waals surface area contributed by atoms with Gasteiger partial charge in [0.1, 0.15) is 6.04 Å². The van der Waals surface area contributed by atoms with Crippen molar-refractivity contribution in [2.75, 3.05) is 15.9 Å². The number of rotatable bonds is 7. The number of amides is 1. The van der Waals surface area contributed by atoms with Gasteiger partial charge in [-0.1, -0.05) is 38.1 Å². The molecule has 0 spiro atoms.